The Labute approximate surface area is 154 Å². The molecule has 2 rings (SSSR count). The first-order valence-electron chi connectivity index (χ1n) is 9.18. The predicted molar refractivity (Wildman–Crippen MR) is 98.8 cm³/mol. The van der Waals surface area contributed by atoms with Gasteiger partial charge in [-0.3, -0.25) is 9.59 Å². The number of fused-ring (bicyclic) bond motifs is 1. The Balaban J connectivity index is 1.90. The summed E-state index contributed by atoms with van der Waals surface area (Å²) in [5.74, 6) is -1.21. The number of carbonyl (C=O) groups excluding carboxylic acids is 2. The molecule has 0 bridgehead atoms. The van der Waals surface area contributed by atoms with Crippen LogP contribution in [0.15, 0.2) is 24.3 Å². The summed E-state index contributed by atoms with van der Waals surface area (Å²) in [6, 6.07) is 7.24. The van der Waals surface area contributed by atoms with E-state index in [1.807, 2.05) is 12.1 Å². The molecule has 6 nitrogen and oxygen atoms in total. The zero-order valence-corrected chi connectivity index (χ0v) is 15.5. The maximum Gasteiger partial charge on any atom is 0.326 e. The molecular weight excluding hydrogens is 332 g/mol. The molecule has 1 aliphatic carbocycles. The van der Waals surface area contributed by atoms with Crippen molar-refractivity contribution in [3.8, 4) is 0 Å². The fourth-order valence-corrected chi connectivity index (χ4v) is 3.50. The molecule has 0 heterocycles. The van der Waals surface area contributed by atoms with Gasteiger partial charge in [0.05, 0.1) is 0 Å². The lowest BCUT2D eigenvalue weighted by molar-refractivity contribution is -0.142. The molecule has 6 heteroatoms. The third kappa shape index (κ3) is 5.58. The van der Waals surface area contributed by atoms with Crippen molar-refractivity contribution in [3.63, 3.8) is 0 Å². The Morgan fingerprint density at radius 2 is 1.96 bits per heavy atom. The molecule has 2 unspecified atom stereocenters. The van der Waals surface area contributed by atoms with Crippen LogP contribution < -0.4 is 5.32 Å². The average Bonchev–Trinajstić information content (AvgIpc) is 2.61. The van der Waals surface area contributed by atoms with Crippen LogP contribution in [0.2, 0.25) is 0 Å². The van der Waals surface area contributed by atoms with Crippen molar-refractivity contribution in [1.82, 2.24) is 10.2 Å². The summed E-state index contributed by atoms with van der Waals surface area (Å²) in [6.07, 6.45) is 4.26. The van der Waals surface area contributed by atoms with Crippen molar-refractivity contribution in [2.75, 3.05) is 14.1 Å². The summed E-state index contributed by atoms with van der Waals surface area (Å²) in [5.41, 5.74) is 2.48. The Morgan fingerprint density at radius 1 is 1.23 bits per heavy atom. The molecule has 1 aromatic rings. The van der Waals surface area contributed by atoms with Gasteiger partial charge in [0.25, 0.3) is 0 Å². The molecule has 0 radical (unpaired) electrons. The molecule has 0 saturated carbocycles. The van der Waals surface area contributed by atoms with E-state index in [0.717, 1.165) is 19.3 Å². The van der Waals surface area contributed by atoms with Crippen LogP contribution in [0.3, 0.4) is 0 Å². The maximum atomic E-state index is 12.1. The number of carboxylic acids is 1. The first-order valence-corrected chi connectivity index (χ1v) is 9.18. The highest BCUT2D eigenvalue weighted by Crippen LogP contribution is 2.34. The number of hydrogen-bond donors (Lipinski definition) is 2. The molecule has 0 saturated heterocycles. The molecule has 0 fully saturated rings. The van der Waals surface area contributed by atoms with Crippen molar-refractivity contribution in [1.29, 1.82) is 0 Å². The molecule has 0 aromatic heterocycles. The highest BCUT2D eigenvalue weighted by atomic mass is 16.4. The highest BCUT2D eigenvalue weighted by molar-refractivity contribution is 5.84. The molecule has 2 amide bonds. The summed E-state index contributed by atoms with van der Waals surface area (Å²) in [4.78, 5) is 36.7. The van der Waals surface area contributed by atoms with Gasteiger partial charge >= 0.3 is 5.97 Å². The topological polar surface area (TPSA) is 86.7 Å². The maximum absolute atomic E-state index is 12.1. The van der Waals surface area contributed by atoms with E-state index in [1.54, 1.807) is 14.1 Å². The van der Waals surface area contributed by atoms with Gasteiger partial charge < -0.3 is 15.3 Å². The van der Waals surface area contributed by atoms with Crippen LogP contribution in [-0.4, -0.2) is 47.9 Å². The molecule has 0 spiro atoms. The third-order valence-corrected chi connectivity index (χ3v) is 4.94. The molecule has 1 aliphatic rings. The van der Waals surface area contributed by atoms with Gasteiger partial charge in [0.2, 0.25) is 11.8 Å². The van der Waals surface area contributed by atoms with Crippen LogP contribution >= 0.6 is 0 Å². The lowest BCUT2D eigenvalue weighted by Gasteiger charge is -2.28. The van der Waals surface area contributed by atoms with E-state index in [4.69, 9.17) is 0 Å². The zero-order valence-electron chi connectivity index (χ0n) is 15.5. The number of benzene rings is 1. The van der Waals surface area contributed by atoms with Gasteiger partial charge in [0, 0.05) is 26.9 Å². The Hall–Kier alpha value is -2.37. The number of rotatable bonds is 8. The van der Waals surface area contributed by atoms with E-state index in [0.29, 0.717) is 12.8 Å². The number of aryl methyl sites for hydroxylation is 1. The second kappa shape index (κ2) is 9.36. The number of nitrogens with zero attached hydrogens (tertiary/aromatic N) is 1. The van der Waals surface area contributed by atoms with Crippen LogP contribution in [0.4, 0.5) is 0 Å². The largest absolute Gasteiger partial charge is 0.480 e. The standard InChI is InChI=1S/C20H28N2O4/c1-22(2)19(24)12-6-11-18(23)21-17(20(25)26)13-15-9-5-8-14-7-3-4-10-16(14)15/h3-4,7,10,15,17H,5-6,8-9,11-13H2,1-2H3,(H,21,23)(H,25,26). The van der Waals surface area contributed by atoms with Crippen molar-refractivity contribution < 1.29 is 19.5 Å². The van der Waals surface area contributed by atoms with Gasteiger partial charge in [-0.1, -0.05) is 24.3 Å². The Morgan fingerprint density at radius 3 is 2.65 bits per heavy atom. The van der Waals surface area contributed by atoms with E-state index >= 15 is 0 Å². The number of amides is 2. The van der Waals surface area contributed by atoms with Crippen LogP contribution in [0.1, 0.15) is 55.6 Å². The Kier molecular flexibility index (Phi) is 7.18. The summed E-state index contributed by atoms with van der Waals surface area (Å²) in [5, 5.41) is 12.1. The molecule has 26 heavy (non-hydrogen) atoms. The van der Waals surface area contributed by atoms with E-state index < -0.39 is 12.0 Å². The van der Waals surface area contributed by atoms with Gasteiger partial charge in [-0.25, -0.2) is 4.79 Å². The van der Waals surface area contributed by atoms with Gasteiger partial charge in [0.1, 0.15) is 6.04 Å². The van der Waals surface area contributed by atoms with Crippen LogP contribution in [0, 0.1) is 0 Å². The lowest BCUT2D eigenvalue weighted by atomic mass is 9.79. The van der Waals surface area contributed by atoms with Gasteiger partial charge in [-0.2, -0.15) is 0 Å². The van der Waals surface area contributed by atoms with Gasteiger partial charge in [-0.05, 0) is 49.1 Å². The molecule has 2 atom stereocenters. The number of carbonyl (C=O) groups is 3. The van der Waals surface area contributed by atoms with E-state index in [2.05, 4.69) is 17.4 Å². The fraction of sp³-hybridized carbons (Fsp3) is 0.550. The second-order valence-electron chi connectivity index (χ2n) is 7.12. The van der Waals surface area contributed by atoms with Crippen LogP contribution in [-0.2, 0) is 20.8 Å². The second-order valence-corrected chi connectivity index (χ2v) is 7.12. The Bertz CT molecular complexity index is 657. The van der Waals surface area contributed by atoms with Gasteiger partial charge in [0.15, 0.2) is 0 Å². The number of nitrogens with one attached hydrogen (secondary N) is 1. The van der Waals surface area contributed by atoms with Crippen LogP contribution in [0.5, 0.6) is 0 Å². The number of aliphatic carboxylic acids is 1. The van der Waals surface area contributed by atoms with E-state index in [9.17, 15) is 19.5 Å². The van der Waals surface area contributed by atoms with Crippen LogP contribution in [0.25, 0.3) is 0 Å². The minimum Gasteiger partial charge on any atom is -0.480 e. The van der Waals surface area contributed by atoms with Crippen molar-refractivity contribution >= 4 is 17.8 Å². The van der Waals surface area contributed by atoms with E-state index in [-0.39, 0.29) is 30.6 Å². The molecule has 0 aliphatic heterocycles. The summed E-state index contributed by atoms with van der Waals surface area (Å²) in [6.45, 7) is 0. The smallest absolute Gasteiger partial charge is 0.326 e. The first kappa shape index (κ1) is 19.9. The summed E-state index contributed by atoms with van der Waals surface area (Å²) < 4.78 is 0. The van der Waals surface area contributed by atoms with E-state index in [1.165, 1.54) is 16.0 Å². The third-order valence-electron chi connectivity index (χ3n) is 4.94. The van der Waals surface area contributed by atoms with Crippen molar-refractivity contribution in [2.24, 2.45) is 0 Å². The normalized spacial score (nSPS) is 17.1. The van der Waals surface area contributed by atoms with Crippen molar-refractivity contribution in [3.05, 3.63) is 35.4 Å². The van der Waals surface area contributed by atoms with Gasteiger partial charge in [-0.15, -0.1) is 0 Å². The summed E-state index contributed by atoms with van der Waals surface area (Å²) >= 11 is 0. The molecule has 142 valence electrons. The molecule has 1 aromatic carbocycles. The first-order chi connectivity index (χ1) is 12.4. The lowest BCUT2D eigenvalue weighted by Crippen LogP contribution is -2.42. The minimum atomic E-state index is -1.01. The summed E-state index contributed by atoms with van der Waals surface area (Å²) in [7, 11) is 3.34. The monoisotopic (exact) mass is 360 g/mol. The zero-order chi connectivity index (χ0) is 19.1. The number of carboxylic acid groups (broad SMARTS) is 1. The highest BCUT2D eigenvalue weighted by Gasteiger charge is 2.28. The number of hydrogen-bond acceptors (Lipinski definition) is 3. The average molecular weight is 360 g/mol. The molecular formula is C20H28N2O4. The predicted octanol–water partition coefficient (Wildman–Crippen LogP) is 2.32. The fourth-order valence-electron chi connectivity index (χ4n) is 3.50. The van der Waals surface area contributed by atoms with Crippen molar-refractivity contribution in [2.45, 2.75) is 56.9 Å². The molecule has 2 N–H and O–H groups in total. The SMILES string of the molecule is CN(C)C(=O)CCCC(=O)NC(CC1CCCc2ccccc21)C(=O)O. The minimum absolute atomic E-state index is 0.0357. The quantitative estimate of drug-likeness (QED) is 0.745.